The van der Waals surface area contributed by atoms with E-state index in [0.29, 0.717) is 5.69 Å². The molecule has 4 unspecified atom stereocenters. The number of aromatic nitrogens is 2. The molecule has 0 saturated carbocycles. The summed E-state index contributed by atoms with van der Waals surface area (Å²) >= 11 is 0. The first-order valence-electron chi connectivity index (χ1n) is 11.3. The third-order valence-corrected chi connectivity index (χ3v) is 5.32. The quantitative estimate of drug-likeness (QED) is 0.128. The number of nitrogens with two attached hydrogens (primary N) is 1. The molecule has 0 aliphatic rings. The number of carbonyl (C=O) groups excluding carboxylic acids is 3. The first-order chi connectivity index (χ1) is 17.6. The fourth-order valence-corrected chi connectivity index (χ4v) is 3.33. The van der Waals surface area contributed by atoms with Gasteiger partial charge in [0.2, 0.25) is 17.7 Å². The second kappa shape index (κ2) is 14.3. The maximum atomic E-state index is 12.8. The van der Waals surface area contributed by atoms with Gasteiger partial charge in [-0.2, -0.15) is 0 Å². The molecule has 37 heavy (non-hydrogen) atoms. The zero-order valence-corrected chi connectivity index (χ0v) is 19.8. The summed E-state index contributed by atoms with van der Waals surface area (Å²) in [6.45, 7) is -0.833. The molecule has 1 heterocycles. The Morgan fingerprint density at radius 3 is 2.08 bits per heavy atom. The summed E-state index contributed by atoms with van der Waals surface area (Å²) in [6.07, 6.45) is 1.85. The summed E-state index contributed by atoms with van der Waals surface area (Å²) in [5.74, 6) is -5.27. The van der Waals surface area contributed by atoms with Crippen LogP contribution in [0.1, 0.15) is 24.1 Å². The minimum Gasteiger partial charge on any atom is -0.481 e. The molecule has 1 aromatic carbocycles. The number of carboxylic acid groups (broad SMARTS) is 2. The Morgan fingerprint density at radius 2 is 1.51 bits per heavy atom. The summed E-state index contributed by atoms with van der Waals surface area (Å²) in [4.78, 5) is 67.2. The van der Waals surface area contributed by atoms with Crippen molar-refractivity contribution >= 4 is 29.7 Å². The largest absolute Gasteiger partial charge is 0.481 e. The van der Waals surface area contributed by atoms with Crippen LogP contribution in [0.15, 0.2) is 42.9 Å². The molecule has 0 radical (unpaired) electrons. The van der Waals surface area contributed by atoms with E-state index in [-0.39, 0.29) is 19.3 Å². The van der Waals surface area contributed by atoms with Gasteiger partial charge < -0.3 is 42.0 Å². The highest BCUT2D eigenvalue weighted by Crippen LogP contribution is 2.05. The Hall–Kier alpha value is -4.30. The molecule has 0 fully saturated rings. The first kappa shape index (κ1) is 28.9. The van der Waals surface area contributed by atoms with E-state index in [4.69, 9.17) is 10.8 Å². The van der Waals surface area contributed by atoms with Gasteiger partial charge in [-0.05, 0) is 18.4 Å². The molecule has 0 aliphatic heterocycles. The van der Waals surface area contributed by atoms with Crippen LogP contribution in [0, 0.1) is 0 Å². The molecule has 2 aromatic rings. The number of hydrogen-bond donors (Lipinski definition) is 8. The van der Waals surface area contributed by atoms with Crippen LogP contribution >= 0.6 is 0 Å². The van der Waals surface area contributed by atoms with Crippen molar-refractivity contribution in [2.75, 3.05) is 6.61 Å². The van der Waals surface area contributed by atoms with Crippen LogP contribution in [0.5, 0.6) is 0 Å². The first-order valence-corrected chi connectivity index (χ1v) is 11.3. The topological polar surface area (TPSA) is 237 Å². The molecule has 0 saturated heterocycles. The summed E-state index contributed by atoms with van der Waals surface area (Å²) in [7, 11) is 0. The van der Waals surface area contributed by atoms with E-state index < -0.39 is 66.9 Å². The summed E-state index contributed by atoms with van der Waals surface area (Å²) in [5, 5.41) is 35.0. The number of amides is 3. The minimum atomic E-state index is -1.49. The normalized spacial score (nSPS) is 14.0. The molecule has 9 N–H and O–H groups in total. The number of imidazole rings is 1. The van der Waals surface area contributed by atoms with E-state index in [1.165, 1.54) is 12.5 Å². The number of nitrogens with zero attached hydrogens (tertiary/aromatic N) is 1. The van der Waals surface area contributed by atoms with Crippen LogP contribution in [0.4, 0.5) is 0 Å². The van der Waals surface area contributed by atoms with Gasteiger partial charge in [-0.15, -0.1) is 0 Å². The van der Waals surface area contributed by atoms with E-state index in [0.717, 1.165) is 5.56 Å². The third-order valence-electron chi connectivity index (χ3n) is 5.32. The standard InChI is InChI=1S/C23H30N6O8/c24-15(8-13-4-2-1-3-5-13)20(33)29-18(11-30)22(35)27-16(6-7-19(31)32)21(34)28-17(23(36)37)9-14-10-25-12-26-14/h1-5,10,12,15-18,30H,6-9,11,24H2,(H,25,26)(H,27,35)(H,28,34)(H,29,33)(H,31,32)(H,36,37). The van der Waals surface area contributed by atoms with Crippen molar-refractivity contribution in [3.63, 3.8) is 0 Å². The Morgan fingerprint density at radius 1 is 0.892 bits per heavy atom. The average Bonchev–Trinajstić information content (AvgIpc) is 3.37. The van der Waals surface area contributed by atoms with E-state index in [9.17, 15) is 34.2 Å². The van der Waals surface area contributed by atoms with E-state index in [1.807, 2.05) is 0 Å². The number of carboxylic acids is 2. The van der Waals surface area contributed by atoms with Crippen LogP contribution in [0.3, 0.4) is 0 Å². The van der Waals surface area contributed by atoms with E-state index in [2.05, 4.69) is 25.9 Å². The number of H-pyrrole nitrogens is 1. The average molecular weight is 519 g/mol. The van der Waals surface area contributed by atoms with Crippen LogP contribution in [0.25, 0.3) is 0 Å². The number of nitrogens with one attached hydrogen (secondary N) is 4. The van der Waals surface area contributed by atoms with Crippen molar-refractivity contribution < 1.29 is 39.3 Å². The Bertz CT molecular complexity index is 1060. The van der Waals surface area contributed by atoms with Crippen LogP contribution < -0.4 is 21.7 Å². The predicted molar refractivity (Wildman–Crippen MR) is 128 cm³/mol. The number of rotatable bonds is 15. The lowest BCUT2D eigenvalue weighted by Crippen LogP contribution is -2.58. The van der Waals surface area contributed by atoms with Gasteiger partial charge in [0.25, 0.3) is 0 Å². The third kappa shape index (κ3) is 9.70. The highest BCUT2D eigenvalue weighted by molar-refractivity contribution is 5.94. The second-order valence-corrected chi connectivity index (χ2v) is 8.21. The number of aliphatic hydroxyl groups is 1. The maximum Gasteiger partial charge on any atom is 0.326 e. The van der Waals surface area contributed by atoms with Gasteiger partial charge in [0.15, 0.2) is 0 Å². The molecular formula is C23H30N6O8. The fourth-order valence-electron chi connectivity index (χ4n) is 3.33. The van der Waals surface area contributed by atoms with Gasteiger partial charge in [-0.25, -0.2) is 9.78 Å². The molecule has 200 valence electrons. The maximum absolute atomic E-state index is 12.8. The molecule has 0 bridgehead atoms. The molecule has 0 aliphatic carbocycles. The lowest BCUT2D eigenvalue weighted by molar-refractivity contribution is -0.143. The van der Waals surface area contributed by atoms with Crippen molar-refractivity contribution in [3.05, 3.63) is 54.1 Å². The van der Waals surface area contributed by atoms with Crippen molar-refractivity contribution in [2.45, 2.75) is 49.9 Å². The van der Waals surface area contributed by atoms with Crippen LogP contribution in [-0.2, 0) is 36.8 Å². The Balaban J connectivity index is 2.05. The monoisotopic (exact) mass is 518 g/mol. The van der Waals surface area contributed by atoms with Crippen molar-refractivity contribution in [1.29, 1.82) is 0 Å². The molecule has 14 nitrogen and oxygen atoms in total. The molecule has 1 aromatic heterocycles. The van der Waals surface area contributed by atoms with Gasteiger partial charge in [0.05, 0.1) is 19.0 Å². The van der Waals surface area contributed by atoms with Crippen molar-refractivity contribution in [3.8, 4) is 0 Å². The molecular weight excluding hydrogens is 488 g/mol. The summed E-state index contributed by atoms with van der Waals surface area (Å²) < 4.78 is 0. The van der Waals surface area contributed by atoms with Gasteiger partial charge in [-0.1, -0.05) is 30.3 Å². The number of hydrogen-bond acceptors (Lipinski definition) is 8. The Kier molecular flexibility index (Phi) is 11.2. The summed E-state index contributed by atoms with van der Waals surface area (Å²) in [5.41, 5.74) is 7.11. The molecule has 4 atom stereocenters. The Labute approximate surface area is 211 Å². The highest BCUT2D eigenvalue weighted by atomic mass is 16.4. The van der Waals surface area contributed by atoms with Gasteiger partial charge >= 0.3 is 11.9 Å². The molecule has 2 rings (SSSR count). The van der Waals surface area contributed by atoms with Crippen LogP contribution in [-0.4, -0.2) is 85.7 Å². The zero-order valence-electron chi connectivity index (χ0n) is 19.8. The fraction of sp³-hybridized carbons (Fsp3) is 0.391. The number of carbonyl (C=O) groups is 5. The molecule has 0 spiro atoms. The van der Waals surface area contributed by atoms with Gasteiger partial charge in [0, 0.05) is 24.7 Å². The molecule has 3 amide bonds. The van der Waals surface area contributed by atoms with Gasteiger partial charge in [-0.3, -0.25) is 19.2 Å². The predicted octanol–water partition coefficient (Wildman–Crippen LogP) is -2.08. The SMILES string of the molecule is NC(Cc1ccccc1)C(=O)NC(CO)C(=O)NC(CCC(=O)O)C(=O)NC(Cc1cnc[nH]1)C(=O)O. The van der Waals surface area contributed by atoms with Crippen molar-refractivity contribution in [2.24, 2.45) is 5.73 Å². The minimum absolute atomic E-state index is 0.144. The lowest BCUT2D eigenvalue weighted by atomic mass is 10.1. The summed E-state index contributed by atoms with van der Waals surface area (Å²) in [6, 6.07) is 3.50. The number of benzene rings is 1. The number of aromatic amines is 1. The molecule has 14 heteroatoms. The second-order valence-electron chi connectivity index (χ2n) is 8.21. The highest BCUT2D eigenvalue weighted by Gasteiger charge is 2.30. The van der Waals surface area contributed by atoms with Gasteiger partial charge in [0.1, 0.15) is 18.1 Å². The lowest BCUT2D eigenvalue weighted by Gasteiger charge is -2.24. The number of aliphatic hydroxyl groups excluding tert-OH is 1. The van der Waals surface area contributed by atoms with E-state index in [1.54, 1.807) is 30.3 Å². The van der Waals surface area contributed by atoms with E-state index >= 15 is 0 Å². The number of aliphatic carboxylic acids is 2. The zero-order chi connectivity index (χ0) is 27.4. The smallest absolute Gasteiger partial charge is 0.326 e. The van der Waals surface area contributed by atoms with Crippen LogP contribution in [0.2, 0.25) is 0 Å². The van der Waals surface area contributed by atoms with Crippen molar-refractivity contribution in [1.82, 2.24) is 25.9 Å².